The van der Waals surface area contributed by atoms with Crippen molar-refractivity contribution in [1.29, 1.82) is 0 Å². The summed E-state index contributed by atoms with van der Waals surface area (Å²) < 4.78 is 0. The fraction of sp³-hybridized carbons (Fsp3) is 0.632. The van der Waals surface area contributed by atoms with Crippen LogP contribution in [0.25, 0.3) is 5.73 Å². The zero-order chi connectivity index (χ0) is 17.3. The van der Waals surface area contributed by atoms with Gasteiger partial charge in [0.15, 0.2) is 0 Å². The maximum atomic E-state index is 10.7. The van der Waals surface area contributed by atoms with Gasteiger partial charge in [-0.15, -0.1) is 6.42 Å². The zero-order valence-electron chi connectivity index (χ0n) is 15.7. The molecule has 0 heterocycles. The standard InChI is InChI=1S/C8H17NO.C5H5.2C3H7.Nb/c1-5(2)7(6(3)4)8(9)10;1-2-4-5-3-1;2*1-3-2;/h5-7H,1-4H3,(H2,9,10);1-3H,4H2;2*3H,1-2H3;/q;3*-1;/p-1. The minimum atomic E-state index is -0.426. The SMILES string of the molecule is CC(C)C(C([NH-])=O)C(C)C.C[CH-]C.C[CH-]C.[C-]1=CC=CC1.[Nb]. The van der Waals surface area contributed by atoms with Crippen LogP contribution in [0, 0.1) is 36.7 Å². The molecule has 0 aromatic heterocycles. The Labute approximate surface area is 155 Å². The Morgan fingerprint density at radius 3 is 1.45 bits per heavy atom. The van der Waals surface area contributed by atoms with E-state index in [1.807, 2.05) is 80.4 Å². The summed E-state index contributed by atoms with van der Waals surface area (Å²) in [5, 5.41) is 0. The van der Waals surface area contributed by atoms with Crippen molar-refractivity contribution in [3.8, 4) is 0 Å². The van der Waals surface area contributed by atoms with Crippen molar-refractivity contribution in [3.05, 3.63) is 42.9 Å². The first-order chi connectivity index (χ1) is 9.79. The van der Waals surface area contributed by atoms with Crippen molar-refractivity contribution in [2.24, 2.45) is 17.8 Å². The first kappa shape index (κ1) is 29.7. The summed E-state index contributed by atoms with van der Waals surface area (Å²) in [6.45, 7) is 15.9. The first-order valence-corrected chi connectivity index (χ1v) is 7.75. The van der Waals surface area contributed by atoms with Crippen LogP contribution in [0.3, 0.4) is 0 Å². The molecule has 1 aliphatic rings. The number of amides is 1. The van der Waals surface area contributed by atoms with Crippen LogP contribution in [-0.2, 0) is 27.2 Å². The average Bonchev–Trinajstić information content (AvgIpc) is 2.87. The molecule has 131 valence electrons. The number of carbonyl (C=O) groups is 1. The molecule has 0 aromatic rings. The van der Waals surface area contributed by atoms with E-state index in [0.29, 0.717) is 11.8 Å². The number of allylic oxidation sites excluding steroid dienone is 4. The van der Waals surface area contributed by atoms with Crippen molar-refractivity contribution in [1.82, 2.24) is 0 Å². The predicted molar refractivity (Wildman–Crippen MR) is 95.4 cm³/mol. The molecule has 1 amide bonds. The summed E-state index contributed by atoms with van der Waals surface area (Å²) in [4.78, 5) is 10.7. The van der Waals surface area contributed by atoms with Crippen LogP contribution in [0.1, 0.15) is 61.8 Å². The van der Waals surface area contributed by atoms with Crippen molar-refractivity contribution >= 4 is 5.91 Å². The number of hydrogen-bond donors (Lipinski definition) is 0. The van der Waals surface area contributed by atoms with Gasteiger partial charge < -0.3 is 23.4 Å². The summed E-state index contributed by atoms with van der Waals surface area (Å²) in [5.41, 5.74) is 6.96. The topological polar surface area (TPSA) is 40.9 Å². The Morgan fingerprint density at radius 1 is 1.05 bits per heavy atom. The van der Waals surface area contributed by atoms with Crippen molar-refractivity contribution in [2.75, 3.05) is 0 Å². The number of rotatable bonds is 3. The molecule has 22 heavy (non-hydrogen) atoms. The van der Waals surface area contributed by atoms with E-state index in [1.54, 1.807) is 0 Å². The Bertz CT molecular complexity index is 251. The molecule has 0 fully saturated rings. The second-order valence-electron chi connectivity index (χ2n) is 5.54. The number of carbonyl (C=O) groups excluding carboxylic acids is 1. The molecule has 0 bridgehead atoms. The maximum absolute atomic E-state index is 10.7. The van der Waals surface area contributed by atoms with E-state index < -0.39 is 5.91 Å². The predicted octanol–water partition coefficient (Wildman–Crippen LogP) is 6.26. The van der Waals surface area contributed by atoms with E-state index in [2.05, 4.69) is 12.2 Å². The van der Waals surface area contributed by atoms with Gasteiger partial charge in [0.1, 0.15) is 0 Å². The largest absolute Gasteiger partial charge is 0.668 e. The van der Waals surface area contributed by atoms with Crippen LogP contribution >= 0.6 is 0 Å². The molecule has 1 N–H and O–H groups in total. The molecule has 0 saturated carbocycles. The van der Waals surface area contributed by atoms with Crippen LogP contribution in [0.2, 0.25) is 0 Å². The van der Waals surface area contributed by atoms with E-state index in [0.717, 1.165) is 6.42 Å². The molecule has 0 spiro atoms. The Kier molecular flexibility index (Phi) is 31.0. The maximum Gasteiger partial charge on any atom is 0.0524 e. The van der Waals surface area contributed by atoms with E-state index in [4.69, 9.17) is 5.73 Å². The minimum absolute atomic E-state index is 0. The summed E-state index contributed by atoms with van der Waals surface area (Å²) in [5.74, 6) is 0.0833. The molecular formula is C19H35NNbO-4. The van der Waals surface area contributed by atoms with Crippen LogP contribution in [-0.4, -0.2) is 5.91 Å². The molecule has 0 saturated heterocycles. The Balaban J connectivity index is -0.000000113. The quantitative estimate of drug-likeness (QED) is 0.417. The second-order valence-corrected chi connectivity index (χ2v) is 5.54. The molecule has 0 aliphatic heterocycles. The molecular weight excluding hydrogens is 351 g/mol. The van der Waals surface area contributed by atoms with Crippen LogP contribution in [0.5, 0.6) is 0 Å². The normalized spacial score (nSPS) is 10.9. The minimum Gasteiger partial charge on any atom is -0.668 e. The summed E-state index contributed by atoms with van der Waals surface area (Å²) in [7, 11) is 0. The average molecular weight is 386 g/mol. The van der Waals surface area contributed by atoms with Crippen LogP contribution in [0.15, 0.2) is 18.2 Å². The summed E-state index contributed by atoms with van der Waals surface area (Å²) >= 11 is 0. The number of hydrogen-bond acceptors (Lipinski definition) is 1. The molecule has 0 unspecified atom stereocenters. The molecule has 1 aliphatic carbocycles. The van der Waals surface area contributed by atoms with E-state index in [1.165, 1.54) is 0 Å². The molecule has 3 heteroatoms. The molecule has 2 nitrogen and oxygen atoms in total. The smallest absolute Gasteiger partial charge is 0.0524 e. The summed E-state index contributed by atoms with van der Waals surface area (Å²) in [6.07, 6.45) is 14.0. The van der Waals surface area contributed by atoms with Gasteiger partial charge in [-0.1, -0.05) is 27.7 Å². The van der Waals surface area contributed by atoms with E-state index in [-0.39, 0.29) is 28.3 Å². The molecule has 0 atom stereocenters. The van der Waals surface area contributed by atoms with E-state index in [9.17, 15) is 4.79 Å². The molecule has 0 aromatic carbocycles. The Morgan fingerprint density at radius 2 is 1.41 bits per heavy atom. The van der Waals surface area contributed by atoms with Gasteiger partial charge in [-0.05, 0) is 11.8 Å². The van der Waals surface area contributed by atoms with Gasteiger partial charge in [0.25, 0.3) is 0 Å². The van der Waals surface area contributed by atoms with Gasteiger partial charge in [0.2, 0.25) is 0 Å². The van der Waals surface area contributed by atoms with Gasteiger partial charge >= 0.3 is 0 Å². The van der Waals surface area contributed by atoms with Gasteiger partial charge in [0, 0.05) is 28.3 Å². The third-order valence-corrected chi connectivity index (χ3v) is 2.33. The molecule has 1 radical (unpaired) electrons. The Hall–Kier alpha value is -0.310. The van der Waals surface area contributed by atoms with Gasteiger partial charge in [-0.25, -0.2) is 12.2 Å². The second kappa shape index (κ2) is 23.0. The third-order valence-electron chi connectivity index (χ3n) is 2.33. The van der Waals surface area contributed by atoms with E-state index >= 15 is 0 Å². The van der Waals surface area contributed by atoms with Crippen molar-refractivity contribution in [3.63, 3.8) is 0 Å². The van der Waals surface area contributed by atoms with Gasteiger partial charge in [-0.3, -0.25) is 6.08 Å². The van der Waals surface area contributed by atoms with Crippen LogP contribution < -0.4 is 0 Å². The van der Waals surface area contributed by atoms with Gasteiger partial charge in [-0.2, -0.15) is 33.8 Å². The van der Waals surface area contributed by atoms with Crippen LogP contribution in [0.4, 0.5) is 0 Å². The van der Waals surface area contributed by atoms with Gasteiger partial charge in [0.05, 0.1) is 5.91 Å². The zero-order valence-corrected chi connectivity index (χ0v) is 17.9. The number of nitrogens with one attached hydrogen (secondary N) is 1. The first-order valence-electron chi connectivity index (χ1n) is 7.75. The summed E-state index contributed by atoms with van der Waals surface area (Å²) in [6, 6.07) is 0. The fourth-order valence-electron chi connectivity index (χ4n) is 1.72. The van der Waals surface area contributed by atoms with Crippen molar-refractivity contribution < 1.29 is 27.2 Å². The third kappa shape index (κ3) is 24.7. The monoisotopic (exact) mass is 386 g/mol. The molecule has 1 rings (SSSR count). The van der Waals surface area contributed by atoms with Crippen molar-refractivity contribution in [2.45, 2.75) is 61.8 Å². The fourth-order valence-corrected chi connectivity index (χ4v) is 1.72.